The van der Waals surface area contributed by atoms with E-state index < -0.39 is 0 Å². The lowest BCUT2D eigenvalue weighted by Gasteiger charge is -2.27. The number of thioether (sulfide) groups is 1. The molecule has 5 heteroatoms. The van der Waals surface area contributed by atoms with Gasteiger partial charge in [-0.1, -0.05) is 44.9 Å². The lowest BCUT2D eigenvalue weighted by Crippen LogP contribution is -2.43. The summed E-state index contributed by atoms with van der Waals surface area (Å²) in [6, 6.07) is 0.446. The highest BCUT2D eigenvalue weighted by atomic mass is 32.2. The summed E-state index contributed by atoms with van der Waals surface area (Å²) in [5.74, 6) is 1.60. The minimum absolute atomic E-state index is 0. The quantitative estimate of drug-likeness (QED) is 0.835. The Morgan fingerprint density at radius 3 is 2.50 bits per heavy atom. The molecule has 1 unspecified atom stereocenters. The van der Waals surface area contributed by atoms with Crippen molar-refractivity contribution >= 4 is 22.8 Å². The van der Waals surface area contributed by atoms with Crippen molar-refractivity contribution in [2.75, 3.05) is 5.75 Å². The molecule has 0 bridgehead atoms. The van der Waals surface area contributed by atoms with Crippen LogP contribution in [-0.2, 0) is 4.79 Å². The van der Waals surface area contributed by atoms with Gasteiger partial charge in [0.25, 0.3) is 0 Å². The molecule has 1 heterocycles. The largest absolute Gasteiger partial charge is 0.412 e. The van der Waals surface area contributed by atoms with Crippen LogP contribution in [0.4, 0.5) is 0 Å². The molecule has 1 amide bonds. The van der Waals surface area contributed by atoms with E-state index in [1.165, 1.54) is 32.1 Å². The third-order valence-electron chi connectivity index (χ3n) is 3.65. The van der Waals surface area contributed by atoms with Crippen molar-refractivity contribution in [1.29, 1.82) is 0 Å². The van der Waals surface area contributed by atoms with Crippen molar-refractivity contribution in [3.63, 3.8) is 0 Å². The monoisotopic (exact) mass is 272 g/mol. The number of aliphatic imine (C=N–C) groups is 1. The van der Waals surface area contributed by atoms with Crippen molar-refractivity contribution in [1.82, 2.24) is 5.32 Å². The highest BCUT2D eigenvalue weighted by molar-refractivity contribution is 8.14. The molecule has 0 aromatic heterocycles. The topological polar surface area (TPSA) is 73.0 Å². The molecule has 18 heavy (non-hydrogen) atoms. The van der Waals surface area contributed by atoms with Crippen LogP contribution >= 0.6 is 11.8 Å². The first kappa shape index (κ1) is 15.5. The van der Waals surface area contributed by atoms with E-state index in [0.29, 0.717) is 12.0 Å². The third kappa shape index (κ3) is 3.99. The van der Waals surface area contributed by atoms with Crippen LogP contribution in [0, 0.1) is 11.8 Å². The van der Waals surface area contributed by atoms with Crippen LogP contribution in [-0.4, -0.2) is 28.3 Å². The first-order valence-electron chi connectivity index (χ1n) is 6.68. The summed E-state index contributed by atoms with van der Waals surface area (Å²) in [5.41, 5.74) is 0. The molecule has 0 aromatic rings. The van der Waals surface area contributed by atoms with E-state index in [1.54, 1.807) is 11.8 Å². The molecular formula is C13H24N2O2S. The van der Waals surface area contributed by atoms with Gasteiger partial charge in [-0.3, -0.25) is 9.79 Å². The summed E-state index contributed by atoms with van der Waals surface area (Å²) < 4.78 is 0. The number of carbonyl (C=O) groups excluding carboxylic acids is 1. The van der Waals surface area contributed by atoms with Gasteiger partial charge in [-0.05, 0) is 18.8 Å². The Hall–Kier alpha value is -0.550. The number of nitrogens with zero attached hydrogens (tertiary/aromatic N) is 1. The van der Waals surface area contributed by atoms with E-state index in [9.17, 15) is 4.79 Å². The second-order valence-corrected chi connectivity index (χ2v) is 6.39. The van der Waals surface area contributed by atoms with E-state index in [0.717, 1.165) is 10.9 Å². The third-order valence-corrected chi connectivity index (χ3v) is 4.65. The molecule has 104 valence electrons. The van der Waals surface area contributed by atoms with Gasteiger partial charge >= 0.3 is 0 Å². The van der Waals surface area contributed by atoms with Crippen LogP contribution in [0.1, 0.15) is 46.0 Å². The maximum atomic E-state index is 11.9. The molecule has 2 fully saturated rings. The Labute approximate surface area is 113 Å². The first-order chi connectivity index (χ1) is 8.16. The number of amidine groups is 1. The number of nitrogens with one attached hydrogen (secondary N) is 1. The minimum atomic E-state index is 0. The van der Waals surface area contributed by atoms with Crippen LogP contribution in [0.15, 0.2) is 4.99 Å². The molecular weight excluding hydrogens is 248 g/mol. The Morgan fingerprint density at radius 1 is 1.28 bits per heavy atom. The molecule has 0 spiro atoms. The van der Waals surface area contributed by atoms with Crippen molar-refractivity contribution < 1.29 is 10.3 Å². The minimum Gasteiger partial charge on any atom is -0.412 e. The molecule has 4 nitrogen and oxygen atoms in total. The van der Waals surface area contributed by atoms with Crippen molar-refractivity contribution in [2.24, 2.45) is 16.8 Å². The number of hydrogen-bond donors (Lipinski definition) is 1. The van der Waals surface area contributed by atoms with Crippen molar-refractivity contribution in [2.45, 2.75) is 52.0 Å². The molecule has 2 aliphatic rings. The Balaban J connectivity index is 0.00000162. The summed E-state index contributed by atoms with van der Waals surface area (Å²) >= 11 is 1.72. The predicted octanol–water partition coefficient (Wildman–Crippen LogP) is 1.99. The number of hydrogen-bond acceptors (Lipinski definition) is 3. The fraction of sp³-hybridized carbons (Fsp3) is 0.846. The number of carbonyl (C=O) groups is 1. The Morgan fingerprint density at radius 2 is 1.94 bits per heavy atom. The summed E-state index contributed by atoms with van der Waals surface area (Å²) in [6.45, 7) is 4.21. The van der Waals surface area contributed by atoms with Gasteiger partial charge in [-0.2, -0.15) is 0 Å². The smallest absolute Gasteiger partial charge is 0.230 e. The fourth-order valence-electron chi connectivity index (χ4n) is 2.42. The van der Waals surface area contributed by atoms with Gasteiger partial charge in [0.15, 0.2) is 5.17 Å². The first-order valence-corrected chi connectivity index (χ1v) is 7.67. The summed E-state index contributed by atoms with van der Waals surface area (Å²) in [6.07, 6.45) is 6.29. The highest BCUT2D eigenvalue weighted by Crippen LogP contribution is 2.25. The predicted molar refractivity (Wildman–Crippen MR) is 76.9 cm³/mol. The van der Waals surface area contributed by atoms with E-state index >= 15 is 0 Å². The van der Waals surface area contributed by atoms with Crippen LogP contribution in [0.25, 0.3) is 0 Å². The molecule has 3 N–H and O–H groups in total. The average Bonchev–Trinajstić information content (AvgIpc) is 2.30. The molecule has 2 rings (SSSR count). The molecule has 0 aromatic carbocycles. The van der Waals surface area contributed by atoms with E-state index in [1.807, 2.05) is 0 Å². The summed E-state index contributed by atoms with van der Waals surface area (Å²) in [4.78, 5) is 16.6. The van der Waals surface area contributed by atoms with E-state index in [-0.39, 0.29) is 17.3 Å². The van der Waals surface area contributed by atoms with Gasteiger partial charge in [-0.25, -0.2) is 0 Å². The fourth-order valence-corrected chi connectivity index (χ4v) is 3.69. The molecule has 1 atom stereocenters. The molecule has 1 saturated heterocycles. The van der Waals surface area contributed by atoms with Crippen LogP contribution in [0.5, 0.6) is 0 Å². The molecule has 1 saturated carbocycles. The van der Waals surface area contributed by atoms with Gasteiger partial charge in [0.2, 0.25) is 5.91 Å². The Kier molecular flexibility index (Phi) is 6.15. The van der Waals surface area contributed by atoms with Gasteiger partial charge < -0.3 is 10.8 Å². The summed E-state index contributed by atoms with van der Waals surface area (Å²) in [7, 11) is 0. The lowest BCUT2D eigenvalue weighted by molar-refractivity contribution is -0.124. The standard InChI is InChI=1S/C13H22N2OS.H2O/c1-9(2)11-8-17-13(15-12(11)16)14-10-6-4-3-5-7-10;/h9-11H,3-8H2,1-2H3,(H,14,15,16);1H2. The lowest BCUT2D eigenvalue weighted by atomic mass is 9.96. The van der Waals surface area contributed by atoms with Gasteiger partial charge in [0.05, 0.1) is 12.0 Å². The van der Waals surface area contributed by atoms with Crippen LogP contribution < -0.4 is 5.32 Å². The zero-order valence-corrected chi connectivity index (χ0v) is 12.1. The summed E-state index contributed by atoms with van der Waals surface area (Å²) in [5, 5.41) is 3.83. The zero-order chi connectivity index (χ0) is 12.3. The Bertz CT molecular complexity index is 312. The van der Waals surface area contributed by atoms with E-state index in [4.69, 9.17) is 0 Å². The highest BCUT2D eigenvalue weighted by Gasteiger charge is 2.29. The van der Waals surface area contributed by atoms with Crippen LogP contribution in [0.3, 0.4) is 0 Å². The van der Waals surface area contributed by atoms with Crippen LogP contribution in [0.2, 0.25) is 0 Å². The molecule has 0 radical (unpaired) electrons. The molecule has 1 aliphatic heterocycles. The maximum Gasteiger partial charge on any atom is 0.230 e. The zero-order valence-electron chi connectivity index (χ0n) is 11.2. The molecule has 1 aliphatic carbocycles. The second-order valence-electron chi connectivity index (χ2n) is 5.38. The normalized spacial score (nSPS) is 28.1. The van der Waals surface area contributed by atoms with Gasteiger partial charge in [-0.15, -0.1) is 0 Å². The number of amides is 1. The SMILES string of the molecule is CC(C)C1CSC(=NC2CCCCC2)NC1=O.O. The maximum absolute atomic E-state index is 11.9. The van der Waals surface area contributed by atoms with Crippen molar-refractivity contribution in [3.8, 4) is 0 Å². The van der Waals surface area contributed by atoms with Gasteiger partial charge in [0.1, 0.15) is 0 Å². The average molecular weight is 272 g/mol. The van der Waals surface area contributed by atoms with Crippen molar-refractivity contribution in [3.05, 3.63) is 0 Å². The van der Waals surface area contributed by atoms with Gasteiger partial charge in [0, 0.05) is 5.75 Å². The van der Waals surface area contributed by atoms with E-state index in [2.05, 4.69) is 24.2 Å². The number of rotatable bonds is 2. The second kappa shape index (κ2) is 7.14.